The number of nitrogens with zero attached hydrogens (tertiary/aromatic N) is 2. The zero-order valence-corrected chi connectivity index (χ0v) is 16.1. The fraction of sp³-hybridized carbons (Fsp3) is 0.632. The summed E-state index contributed by atoms with van der Waals surface area (Å²) < 4.78 is 11.2. The Morgan fingerprint density at radius 3 is 2.92 bits per heavy atom. The molecule has 0 atom stereocenters. The largest absolute Gasteiger partial charge is 0.381 e. The van der Waals surface area contributed by atoms with Crippen molar-refractivity contribution < 1.29 is 9.47 Å². The van der Waals surface area contributed by atoms with E-state index in [9.17, 15) is 0 Å². The molecule has 0 saturated carbocycles. The van der Waals surface area contributed by atoms with Gasteiger partial charge in [-0.2, -0.15) is 0 Å². The van der Waals surface area contributed by atoms with E-state index in [1.165, 1.54) is 5.56 Å². The van der Waals surface area contributed by atoms with Gasteiger partial charge in [-0.3, -0.25) is 4.99 Å². The van der Waals surface area contributed by atoms with Crippen LogP contribution in [0.5, 0.6) is 0 Å². The van der Waals surface area contributed by atoms with Gasteiger partial charge in [0.15, 0.2) is 5.96 Å². The van der Waals surface area contributed by atoms with Gasteiger partial charge in [-0.05, 0) is 43.9 Å². The maximum atomic E-state index is 6.07. The molecule has 0 spiro atoms. The molecule has 1 aliphatic heterocycles. The molecule has 140 valence electrons. The number of halogens is 1. The Labute approximate surface area is 156 Å². The summed E-state index contributed by atoms with van der Waals surface area (Å²) in [5, 5.41) is 4.11. The number of nitrogens with one attached hydrogen (secondary N) is 1. The van der Waals surface area contributed by atoms with Gasteiger partial charge in [-0.15, -0.1) is 0 Å². The molecular formula is C19H30ClN3O2. The van der Waals surface area contributed by atoms with Crippen molar-refractivity contribution in [2.75, 3.05) is 40.0 Å². The highest BCUT2D eigenvalue weighted by Gasteiger charge is 2.13. The van der Waals surface area contributed by atoms with Crippen LogP contribution in [0.15, 0.2) is 29.3 Å². The minimum Gasteiger partial charge on any atom is -0.381 e. The van der Waals surface area contributed by atoms with E-state index in [-0.39, 0.29) is 0 Å². The van der Waals surface area contributed by atoms with Crippen molar-refractivity contribution in [1.29, 1.82) is 0 Å². The van der Waals surface area contributed by atoms with Crippen molar-refractivity contribution in [3.05, 3.63) is 34.9 Å². The number of hydrogen-bond donors (Lipinski definition) is 1. The fourth-order valence-corrected chi connectivity index (χ4v) is 3.01. The van der Waals surface area contributed by atoms with E-state index in [4.69, 9.17) is 26.1 Å². The molecule has 1 heterocycles. The van der Waals surface area contributed by atoms with Crippen molar-refractivity contribution in [2.24, 2.45) is 4.99 Å². The van der Waals surface area contributed by atoms with Crippen LogP contribution in [0.2, 0.25) is 5.02 Å². The normalized spacial score (nSPS) is 16.0. The van der Waals surface area contributed by atoms with Crippen LogP contribution in [0.3, 0.4) is 0 Å². The first kappa shape index (κ1) is 20.0. The molecule has 1 aromatic carbocycles. The highest BCUT2D eigenvalue weighted by Crippen LogP contribution is 2.12. The van der Waals surface area contributed by atoms with Crippen LogP contribution < -0.4 is 5.32 Å². The Balaban J connectivity index is 1.76. The lowest BCUT2D eigenvalue weighted by Crippen LogP contribution is -2.38. The fourth-order valence-electron chi connectivity index (χ4n) is 2.80. The predicted octanol–water partition coefficient (Wildman–Crippen LogP) is 3.32. The highest BCUT2D eigenvalue weighted by atomic mass is 35.5. The van der Waals surface area contributed by atoms with Crippen LogP contribution in [0.4, 0.5) is 0 Å². The lowest BCUT2D eigenvalue weighted by molar-refractivity contribution is -0.0318. The van der Waals surface area contributed by atoms with Crippen molar-refractivity contribution >= 4 is 17.6 Å². The van der Waals surface area contributed by atoms with Gasteiger partial charge >= 0.3 is 0 Å². The van der Waals surface area contributed by atoms with Gasteiger partial charge < -0.3 is 19.7 Å². The van der Waals surface area contributed by atoms with E-state index < -0.39 is 0 Å². The summed E-state index contributed by atoms with van der Waals surface area (Å²) in [6.07, 6.45) is 3.30. The maximum absolute atomic E-state index is 6.07. The second kappa shape index (κ2) is 11.3. The van der Waals surface area contributed by atoms with Crippen LogP contribution in [-0.2, 0) is 16.0 Å². The molecule has 5 nitrogen and oxygen atoms in total. The molecule has 0 unspecified atom stereocenters. The van der Waals surface area contributed by atoms with Gasteiger partial charge in [0.2, 0.25) is 0 Å². The van der Waals surface area contributed by atoms with Crippen molar-refractivity contribution in [1.82, 2.24) is 10.2 Å². The summed E-state index contributed by atoms with van der Waals surface area (Å²) in [5.74, 6) is 0.911. The lowest BCUT2D eigenvalue weighted by atomic mass is 10.1. The molecule has 25 heavy (non-hydrogen) atoms. The summed E-state index contributed by atoms with van der Waals surface area (Å²) in [7, 11) is 2.04. The summed E-state index contributed by atoms with van der Waals surface area (Å²) in [4.78, 5) is 6.83. The minimum absolute atomic E-state index is 0.358. The average molecular weight is 368 g/mol. The SMILES string of the molecule is CCNC(=NCCCOC1CCOCC1)N(C)Cc1cccc(Cl)c1. The quantitative estimate of drug-likeness (QED) is 0.435. The molecule has 1 fully saturated rings. The third-order valence-corrected chi connectivity index (χ3v) is 4.33. The van der Waals surface area contributed by atoms with E-state index in [0.717, 1.165) is 69.7 Å². The molecule has 6 heteroatoms. The molecule has 1 N–H and O–H groups in total. The van der Waals surface area contributed by atoms with Crippen LogP contribution in [0.25, 0.3) is 0 Å². The van der Waals surface area contributed by atoms with E-state index in [2.05, 4.69) is 23.2 Å². The zero-order chi connectivity index (χ0) is 17.9. The first-order valence-corrected chi connectivity index (χ1v) is 9.50. The average Bonchev–Trinajstić information content (AvgIpc) is 2.61. The number of ether oxygens (including phenoxy) is 2. The highest BCUT2D eigenvalue weighted by molar-refractivity contribution is 6.30. The second-order valence-electron chi connectivity index (χ2n) is 6.26. The van der Waals surface area contributed by atoms with E-state index in [1.807, 2.05) is 25.2 Å². The van der Waals surface area contributed by atoms with Crippen LogP contribution >= 0.6 is 11.6 Å². The lowest BCUT2D eigenvalue weighted by Gasteiger charge is -2.23. The molecule has 0 bridgehead atoms. The van der Waals surface area contributed by atoms with E-state index >= 15 is 0 Å². The van der Waals surface area contributed by atoms with Gasteiger partial charge in [0, 0.05) is 51.5 Å². The van der Waals surface area contributed by atoms with E-state index in [0.29, 0.717) is 6.10 Å². The summed E-state index contributed by atoms with van der Waals surface area (Å²) in [6, 6.07) is 7.93. The molecule has 1 aliphatic rings. The van der Waals surface area contributed by atoms with Gasteiger partial charge in [-0.1, -0.05) is 23.7 Å². The van der Waals surface area contributed by atoms with Gasteiger partial charge in [0.25, 0.3) is 0 Å². The Kier molecular flexibility index (Phi) is 9.08. The van der Waals surface area contributed by atoms with Crippen molar-refractivity contribution in [3.63, 3.8) is 0 Å². The molecule has 1 aromatic rings. The topological polar surface area (TPSA) is 46.1 Å². The Morgan fingerprint density at radius 2 is 2.20 bits per heavy atom. The zero-order valence-electron chi connectivity index (χ0n) is 15.3. The van der Waals surface area contributed by atoms with Crippen molar-refractivity contribution in [3.8, 4) is 0 Å². The van der Waals surface area contributed by atoms with Crippen LogP contribution in [0, 0.1) is 0 Å². The maximum Gasteiger partial charge on any atom is 0.193 e. The van der Waals surface area contributed by atoms with Crippen LogP contribution in [0.1, 0.15) is 31.7 Å². The molecule has 1 saturated heterocycles. The Hall–Kier alpha value is -1.30. The van der Waals surface area contributed by atoms with Gasteiger partial charge in [0.05, 0.1) is 6.10 Å². The molecule has 0 aromatic heterocycles. The second-order valence-corrected chi connectivity index (χ2v) is 6.69. The first-order valence-electron chi connectivity index (χ1n) is 9.12. The smallest absolute Gasteiger partial charge is 0.193 e. The van der Waals surface area contributed by atoms with Gasteiger partial charge in [0.1, 0.15) is 0 Å². The number of aliphatic imine (C=N–C) groups is 1. The Bertz CT molecular complexity index is 533. The third-order valence-electron chi connectivity index (χ3n) is 4.09. The number of benzene rings is 1. The first-order chi connectivity index (χ1) is 12.2. The molecular weight excluding hydrogens is 338 g/mol. The molecule has 0 radical (unpaired) electrons. The molecule has 0 aliphatic carbocycles. The standard InChI is InChI=1S/C19H30ClN3O2/c1-3-21-19(23(2)15-16-6-4-7-17(20)14-16)22-10-5-11-25-18-8-12-24-13-9-18/h4,6-7,14,18H,3,5,8-13,15H2,1-2H3,(H,21,22). The Morgan fingerprint density at radius 1 is 1.40 bits per heavy atom. The summed E-state index contributed by atoms with van der Waals surface area (Å²) >= 11 is 6.07. The van der Waals surface area contributed by atoms with E-state index in [1.54, 1.807) is 0 Å². The number of hydrogen-bond acceptors (Lipinski definition) is 3. The van der Waals surface area contributed by atoms with Crippen LogP contribution in [-0.4, -0.2) is 56.9 Å². The summed E-state index contributed by atoms with van der Waals surface area (Å²) in [6.45, 7) is 6.85. The monoisotopic (exact) mass is 367 g/mol. The summed E-state index contributed by atoms with van der Waals surface area (Å²) in [5.41, 5.74) is 1.17. The number of guanidine groups is 1. The van der Waals surface area contributed by atoms with Gasteiger partial charge in [-0.25, -0.2) is 0 Å². The molecule has 2 rings (SSSR count). The van der Waals surface area contributed by atoms with Crippen molar-refractivity contribution in [2.45, 2.75) is 38.8 Å². The minimum atomic E-state index is 0.358. The molecule has 0 amide bonds. The number of rotatable bonds is 8. The third kappa shape index (κ3) is 7.63. The predicted molar refractivity (Wildman–Crippen MR) is 103 cm³/mol.